The predicted octanol–water partition coefficient (Wildman–Crippen LogP) is 0.605. The van der Waals surface area contributed by atoms with Gasteiger partial charge in [0.2, 0.25) is 5.91 Å². The Balaban J connectivity index is 2.74. The highest BCUT2D eigenvalue weighted by Gasteiger charge is 2.37. The highest BCUT2D eigenvalue weighted by atomic mass is 16.2. The maximum Gasteiger partial charge on any atom is 0.267 e. The molecular formula is C9H14N2O2. The lowest BCUT2D eigenvalue weighted by Gasteiger charge is -2.18. The number of carbonyl (C=O) groups excluding carboxylic acids is 2. The molecule has 1 aliphatic rings. The molecule has 0 radical (unpaired) electrons. The summed E-state index contributed by atoms with van der Waals surface area (Å²) in [5.41, 5.74) is 2.54. The van der Waals surface area contributed by atoms with Crippen LogP contribution in [0.3, 0.4) is 0 Å². The summed E-state index contributed by atoms with van der Waals surface area (Å²) in [7, 11) is 0. The van der Waals surface area contributed by atoms with Gasteiger partial charge in [-0.1, -0.05) is 6.08 Å². The van der Waals surface area contributed by atoms with E-state index in [1.807, 2.05) is 13.8 Å². The van der Waals surface area contributed by atoms with E-state index in [1.54, 1.807) is 13.0 Å². The molecule has 1 rings (SSSR count). The van der Waals surface area contributed by atoms with Crippen LogP contribution in [-0.2, 0) is 9.59 Å². The number of hydrogen-bond donors (Lipinski definition) is 1. The van der Waals surface area contributed by atoms with Crippen molar-refractivity contribution in [2.75, 3.05) is 0 Å². The number of amides is 2. The van der Waals surface area contributed by atoms with Gasteiger partial charge >= 0.3 is 0 Å². The standard InChI is InChI=1S/C9H14N2O2/c1-4-5-7(12)11-8(13)6-9(2,3)10-11/h4-5,10H,6H2,1-3H3/b5-4+. The predicted molar refractivity (Wildman–Crippen MR) is 48.5 cm³/mol. The van der Waals surface area contributed by atoms with E-state index >= 15 is 0 Å². The van der Waals surface area contributed by atoms with Crippen LogP contribution in [0.1, 0.15) is 27.2 Å². The molecular weight excluding hydrogens is 168 g/mol. The van der Waals surface area contributed by atoms with Crippen LogP contribution in [0.15, 0.2) is 12.2 Å². The molecule has 1 fully saturated rings. The van der Waals surface area contributed by atoms with Crippen LogP contribution >= 0.6 is 0 Å². The van der Waals surface area contributed by atoms with Crippen LogP contribution in [0.2, 0.25) is 0 Å². The van der Waals surface area contributed by atoms with Crippen LogP contribution in [0.25, 0.3) is 0 Å². The number of imide groups is 1. The number of hydrazine groups is 1. The summed E-state index contributed by atoms with van der Waals surface area (Å²) in [5, 5.41) is 1.07. The summed E-state index contributed by atoms with van der Waals surface area (Å²) < 4.78 is 0. The first kappa shape index (κ1) is 9.92. The van der Waals surface area contributed by atoms with E-state index in [9.17, 15) is 9.59 Å². The number of rotatable bonds is 1. The zero-order valence-corrected chi connectivity index (χ0v) is 8.13. The van der Waals surface area contributed by atoms with Gasteiger partial charge in [-0.2, -0.15) is 0 Å². The van der Waals surface area contributed by atoms with Crippen molar-refractivity contribution in [2.24, 2.45) is 0 Å². The van der Waals surface area contributed by atoms with Gasteiger partial charge in [0, 0.05) is 18.0 Å². The average molecular weight is 182 g/mol. The Labute approximate surface area is 77.6 Å². The van der Waals surface area contributed by atoms with Crippen molar-refractivity contribution in [2.45, 2.75) is 32.7 Å². The Morgan fingerprint density at radius 1 is 1.62 bits per heavy atom. The third-order valence-electron chi connectivity index (χ3n) is 1.79. The lowest BCUT2D eigenvalue weighted by molar-refractivity contribution is -0.141. The van der Waals surface area contributed by atoms with Crippen LogP contribution in [0.5, 0.6) is 0 Å². The van der Waals surface area contributed by atoms with Crippen LogP contribution < -0.4 is 5.43 Å². The summed E-state index contributed by atoms with van der Waals surface area (Å²) in [6.45, 7) is 5.51. The minimum Gasteiger partial charge on any atom is -0.273 e. The van der Waals surface area contributed by atoms with Crippen LogP contribution in [0, 0.1) is 0 Å². The Bertz CT molecular complexity index is 269. The first-order chi connectivity index (χ1) is 5.96. The van der Waals surface area contributed by atoms with Gasteiger partial charge in [-0.15, -0.1) is 0 Å². The third kappa shape index (κ3) is 2.15. The summed E-state index contributed by atoms with van der Waals surface area (Å²) in [5.74, 6) is -0.480. The molecule has 4 nitrogen and oxygen atoms in total. The van der Waals surface area contributed by atoms with Gasteiger partial charge in [-0.25, -0.2) is 10.4 Å². The van der Waals surface area contributed by atoms with Gasteiger partial charge in [0.15, 0.2) is 0 Å². The van der Waals surface area contributed by atoms with Gasteiger partial charge in [0.1, 0.15) is 0 Å². The fourth-order valence-electron chi connectivity index (χ4n) is 1.26. The van der Waals surface area contributed by atoms with E-state index < -0.39 is 0 Å². The van der Waals surface area contributed by atoms with Crippen LogP contribution in [0.4, 0.5) is 0 Å². The van der Waals surface area contributed by atoms with Crippen molar-refractivity contribution in [1.29, 1.82) is 0 Å². The number of nitrogens with one attached hydrogen (secondary N) is 1. The Hall–Kier alpha value is -1.16. The summed E-state index contributed by atoms with van der Waals surface area (Å²) >= 11 is 0. The van der Waals surface area contributed by atoms with Gasteiger partial charge in [-0.05, 0) is 20.8 Å². The molecule has 1 N–H and O–H groups in total. The van der Waals surface area contributed by atoms with E-state index in [0.29, 0.717) is 6.42 Å². The van der Waals surface area contributed by atoms with E-state index in [-0.39, 0.29) is 17.4 Å². The molecule has 0 aromatic rings. The minimum atomic E-state index is -0.311. The van der Waals surface area contributed by atoms with Crippen molar-refractivity contribution in [3.05, 3.63) is 12.2 Å². The molecule has 13 heavy (non-hydrogen) atoms. The maximum absolute atomic E-state index is 11.3. The average Bonchev–Trinajstić information content (AvgIpc) is 2.25. The van der Waals surface area contributed by atoms with E-state index in [0.717, 1.165) is 5.01 Å². The first-order valence-electron chi connectivity index (χ1n) is 4.24. The minimum absolute atomic E-state index is 0.173. The lowest BCUT2D eigenvalue weighted by Crippen LogP contribution is -2.45. The summed E-state index contributed by atoms with van der Waals surface area (Å²) in [4.78, 5) is 22.6. The van der Waals surface area contributed by atoms with E-state index in [2.05, 4.69) is 5.43 Å². The Kier molecular flexibility index (Phi) is 2.52. The van der Waals surface area contributed by atoms with Crippen molar-refractivity contribution in [3.63, 3.8) is 0 Å². The van der Waals surface area contributed by atoms with Crippen molar-refractivity contribution >= 4 is 11.8 Å². The number of allylic oxidation sites excluding steroid dienone is 1. The van der Waals surface area contributed by atoms with Gasteiger partial charge in [0.25, 0.3) is 5.91 Å². The fourth-order valence-corrected chi connectivity index (χ4v) is 1.26. The zero-order valence-electron chi connectivity index (χ0n) is 8.13. The van der Waals surface area contributed by atoms with Crippen LogP contribution in [-0.4, -0.2) is 22.4 Å². The van der Waals surface area contributed by atoms with Gasteiger partial charge in [0.05, 0.1) is 0 Å². The Morgan fingerprint density at radius 3 is 2.62 bits per heavy atom. The normalized spacial score (nSPS) is 21.5. The third-order valence-corrected chi connectivity index (χ3v) is 1.79. The molecule has 4 heteroatoms. The molecule has 2 amide bonds. The second-order valence-corrected chi connectivity index (χ2v) is 3.74. The summed E-state index contributed by atoms with van der Waals surface area (Å²) in [6, 6.07) is 0. The van der Waals surface area contributed by atoms with Crippen molar-refractivity contribution in [3.8, 4) is 0 Å². The maximum atomic E-state index is 11.3. The molecule has 0 bridgehead atoms. The van der Waals surface area contributed by atoms with Gasteiger partial charge < -0.3 is 0 Å². The van der Waals surface area contributed by atoms with Gasteiger partial charge in [-0.3, -0.25) is 9.59 Å². The highest BCUT2D eigenvalue weighted by Crippen LogP contribution is 2.18. The monoisotopic (exact) mass is 182 g/mol. The van der Waals surface area contributed by atoms with E-state index in [4.69, 9.17) is 0 Å². The lowest BCUT2D eigenvalue weighted by atomic mass is 10.0. The fraction of sp³-hybridized carbons (Fsp3) is 0.556. The first-order valence-corrected chi connectivity index (χ1v) is 4.24. The molecule has 0 aromatic carbocycles. The molecule has 1 aliphatic heterocycles. The number of nitrogens with zero attached hydrogens (tertiary/aromatic N) is 1. The molecule has 0 saturated carbocycles. The van der Waals surface area contributed by atoms with E-state index in [1.165, 1.54) is 6.08 Å². The molecule has 1 heterocycles. The topological polar surface area (TPSA) is 49.4 Å². The zero-order chi connectivity index (χ0) is 10.1. The number of hydrogen-bond acceptors (Lipinski definition) is 3. The van der Waals surface area contributed by atoms with Crippen molar-refractivity contribution < 1.29 is 9.59 Å². The largest absolute Gasteiger partial charge is 0.273 e. The Morgan fingerprint density at radius 2 is 2.23 bits per heavy atom. The molecule has 0 atom stereocenters. The highest BCUT2D eigenvalue weighted by molar-refractivity contribution is 6.01. The quantitative estimate of drug-likeness (QED) is 0.604. The SMILES string of the molecule is C/C=C/C(=O)N1NC(C)(C)CC1=O. The second-order valence-electron chi connectivity index (χ2n) is 3.74. The second kappa shape index (κ2) is 3.30. The molecule has 0 unspecified atom stereocenters. The summed E-state index contributed by atoms with van der Waals surface area (Å²) in [6.07, 6.45) is 3.34. The molecule has 0 aliphatic carbocycles. The molecule has 1 saturated heterocycles. The molecule has 0 aromatic heterocycles. The number of carbonyl (C=O) groups is 2. The molecule has 0 spiro atoms. The smallest absolute Gasteiger partial charge is 0.267 e. The van der Waals surface area contributed by atoms with Crippen molar-refractivity contribution in [1.82, 2.24) is 10.4 Å². The molecule has 72 valence electrons.